The molecule has 0 aromatic heterocycles. The van der Waals surface area contributed by atoms with Crippen molar-refractivity contribution in [3.8, 4) is 11.5 Å². The molecule has 1 aliphatic heterocycles. The largest absolute Gasteiger partial charge is 0.457 e. The molecule has 0 amide bonds. The first-order valence-electron chi connectivity index (χ1n) is 9.26. The second-order valence-electron chi connectivity index (χ2n) is 6.83. The van der Waals surface area contributed by atoms with Gasteiger partial charge in [0.25, 0.3) is 0 Å². The number of ether oxygens (including phenoxy) is 1. The van der Waals surface area contributed by atoms with E-state index in [1.54, 1.807) is 11.8 Å². The molecule has 0 aliphatic carbocycles. The highest BCUT2D eigenvalue weighted by Crippen LogP contribution is 2.37. The van der Waals surface area contributed by atoms with E-state index in [9.17, 15) is 0 Å². The normalized spacial score (nSPS) is 13.2. The average molecular weight is 387 g/mol. The number of nitrogens with zero attached hydrogens (tertiary/aromatic N) is 2. The van der Waals surface area contributed by atoms with Gasteiger partial charge >= 0.3 is 0 Å². The van der Waals surface area contributed by atoms with Crippen molar-refractivity contribution in [3.05, 3.63) is 83.4 Å². The highest BCUT2D eigenvalue weighted by Gasteiger charge is 2.15. The number of fused-ring (bicyclic) bond motifs is 1. The minimum Gasteiger partial charge on any atom is -0.457 e. The van der Waals surface area contributed by atoms with Gasteiger partial charge in [-0.25, -0.2) is 9.98 Å². The lowest BCUT2D eigenvalue weighted by Gasteiger charge is -2.10. The van der Waals surface area contributed by atoms with Crippen LogP contribution < -0.4 is 4.74 Å². The van der Waals surface area contributed by atoms with Crippen LogP contribution in [0.2, 0.25) is 0 Å². The highest BCUT2D eigenvalue weighted by atomic mass is 32.2. The summed E-state index contributed by atoms with van der Waals surface area (Å²) in [5.74, 6) is 1.62. The van der Waals surface area contributed by atoms with Crippen molar-refractivity contribution in [3.63, 3.8) is 0 Å². The van der Waals surface area contributed by atoms with E-state index < -0.39 is 0 Å². The smallest absolute Gasteiger partial charge is 0.130 e. The summed E-state index contributed by atoms with van der Waals surface area (Å²) in [6, 6.07) is 22.4. The maximum absolute atomic E-state index is 6.10. The molecule has 28 heavy (non-hydrogen) atoms. The summed E-state index contributed by atoms with van der Waals surface area (Å²) in [4.78, 5) is 9.80. The molecule has 1 aliphatic rings. The van der Waals surface area contributed by atoms with Gasteiger partial charge in [0.05, 0.1) is 22.1 Å². The molecule has 0 N–H and O–H groups in total. The molecule has 0 bridgehead atoms. The maximum atomic E-state index is 6.10. The Morgan fingerprint density at radius 2 is 1.64 bits per heavy atom. The quantitative estimate of drug-likeness (QED) is 0.485. The van der Waals surface area contributed by atoms with E-state index in [0.29, 0.717) is 0 Å². The van der Waals surface area contributed by atoms with Gasteiger partial charge < -0.3 is 4.74 Å². The molecule has 140 valence electrons. The Balaban J connectivity index is 1.75. The zero-order valence-corrected chi connectivity index (χ0v) is 17.1. The minimum absolute atomic E-state index is 0.729. The molecular weight excluding hydrogens is 364 g/mol. The summed E-state index contributed by atoms with van der Waals surface area (Å²) in [5.41, 5.74) is 6.22. The van der Waals surface area contributed by atoms with E-state index in [4.69, 9.17) is 14.7 Å². The maximum Gasteiger partial charge on any atom is 0.130 e. The minimum atomic E-state index is 0.729. The van der Waals surface area contributed by atoms with Crippen LogP contribution in [0.1, 0.15) is 23.1 Å². The van der Waals surface area contributed by atoms with Gasteiger partial charge in [-0.15, -0.1) is 11.8 Å². The van der Waals surface area contributed by atoms with Gasteiger partial charge in [-0.3, -0.25) is 0 Å². The fourth-order valence-corrected chi connectivity index (χ4v) is 3.55. The molecule has 3 nitrogen and oxygen atoms in total. The SMILES string of the molecule is CSC1=Nc2ccc(Oc3ccccc3C)cc2N=C(c2ccc(C)cc2)C1. The van der Waals surface area contributed by atoms with Crippen LogP contribution in [-0.2, 0) is 0 Å². The molecule has 4 rings (SSSR count). The van der Waals surface area contributed by atoms with Gasteiger partial charge in [0.2, 0.25) is 0 Å². The Hall–Kier alpha value is -2.85. The Kier molecular flexibility index (Phi) is 5.31. The van der Waals surface area contributed by atoms with Gasteiger partial charge in [0.1, 0.15) is 11.5 Å². The van der Waals surface area contributed by atoms with Gasteiger partial charge in [-0.1, -0.05) is 48.0 Å². The summed E-state index contributed by atoms with van der Waals surface area (Å²) in [6.07, 6.45) is 2.79. The first-order chi connectivity index (χ1) is 13.6. The number of thioether (sulfide) groups is 1. The van der Waals surface area contributed by atoms with Crippen molar-refractivity contribution in [2.75, 3.05) is 6.26 Å². The molecule has 3 aromatic rings. The van der Waals surface area contributed by atoms with Crippen LogP contribution in [0.15, 0.2) is 76.7 Å². The van der Waals surface area contributed by atoms with E-state index in [0.717, 1.165) is 51.2 Å². The zero-order chi connectivity index (χ0) is 19.5. The third-order valence-corrected chi connectivity index (χ3v) is 5.41. The van der Waals surface area contributed by atoms with Gasteiger partial charge in [-0.05, 0) is 49.4 Å². The van der Waals surface area contributed by atoms with Crippen molar-refractivity contribution in [1.82, 2.24) is 0 Å². The Labute approximate surface area is 170 Å². The number of rotatable bonds is 3. The number of para-hydroxylation sites is 1. The molecule has 3 aromatic carbocycles. The number of aliphatic imine (C=N–C) groups is 2. The van der Waals surface area contributed by atoms with E-state index >= 15 is 0 Å². The van der Waals surface area contributed by atoms with Crippen LogP contribution in [0.25, 0.3) is 0 Å². The van der Waals surface area contributed by atoms with Crippen LogP contribution in [0.3, 0.4) is 0 Å². The lowest BCUT2D eigenvalue weighted by molar-refractivity contribution is 0.479. The van der Waals surface area contributed by atoms with Crippen molar-refractivity contribution >= 4 is 33.9 Å². The molecule has 0 saturated carbocycles. The van der Waals surface area contributed by atoms with E-state index in [1.165, 1.54) is 5.56 Å². The molecule has 0 fully saturated rings. The molecule has 1 heterocycles. The molecule has 0 atom stereocenters. The van der Waals surface area contributed by atoms with E-state index in [2.05, 4.69) is 37.4 Å². The second kappa shape index (κ2) is 8.03. The predicted molar refractivity (Wildman–Crippen MR) is 120 cm³/mol. The lowest BCUT2D eigenvalue weighted by Crippen LogP contribution is -2.05. The molecule has 0 spiro atoms. The topological polar surface area (TPSA) is 34.0 Å². The van der Waals surface area contributed by atoms with E-state index in [1.807, 2.05) is 49.4 Å². The van der Waals surface area contributed by atoms with Gasteiger partial charge in [-0.2, -0.15) is 0 Å². The van der Waals surface area contributed by atoms with E-state index in [-0.39, 0.29) is 0 Å². The number of hydrogen-bond donors (Lipinski definition) is 0. The van der Waals surface area contributed by atoms with Gasteiger partial charge in [0.15, 0.2) is 0 Å². The highest BCUT2D eigenvalue weighted by molar-refractivity contribution is 8.13. The molecule has 0 radical (unpaired) electrons. The Bertz CT molecular complexity index is 1070. The van der Waals surface area contributed by atoms with Crippen LogP contribution in [-0.4, -0.2) is 17.0 Å². The predicted octanol–water partition coefficient (Wildman–Crippen LogP) is 7.01. The number of hydrogen-bond acceptors (Lipinski definition) is 4. The zero-order valence-electron chi connectivity index (χ0n) is 16.3. The Morgan fingerprint density at radius 3 is 2.39 bits per heavy atom. The van der Waals surface area contributed by atoms with Gasteiger partial charge in [0, 0.05) is 12.5 Å². The van der Waals surface area contributed by atoms with Crippen molar-refractivity contribution in [2.24, 2.45) is 9.98 Å². The molecule has 0 unspecified atom stereocenters. The summed E-state index contributed by atoms with van der Waals surface area (Å²) in [5, 5.41) is 1.06. The summed E-state index contributed by atoms with van der Waals surface area (Å²) < 4.78 is 6.10. The monoisotopic (exact) mass is 386 g/mol. The molecular formula is C24H22N2OS. The fraction of sp³-hybridized carbons (Fsp3) is 0.167. The van der Waals surface area contributed by atoms with Crippen molar-refractivity contribution < 1.29 is 4.74 Å². The van der Waals surface area contributed by atoms with Crippen LogP contribution in [0.5, 0.6) is 11.5 Å². The molecule has 0 saturated heterocycles. The summed E-state index contributed by atoms with van der Waals surface area (Å²) in [6.45, 7) is 4.14. The van der Waals surface area contributed by atoms with Crippen molar-refractivity contribution in [2.45, 2.75) is 20.3 Å². The third kappa shape index (κ3) is 4.02. The van der Waals surface area contributed by atoms with Crippen LogP contribution in [0, 0.1) is 13.8 Å². The average Bonchev–Trinajstić information content (AvgIpc) is 2.89. The van der Waals surface area contributed by atoms with Crippen LogP contribution >= 0.6 is 11.8 Å². The number of aryl methyl sites for hydroxylation is 2. The summed E-state index contributed by atoms with van der Waals surface area (Å²) in [7, 11) is 0. The molecule has 4 heteroatoms. The number of benzene rings is 3. The second-order valence-corrected chi connectivity index (χ2v) is 7.71. The fourth-order valence-electron chi connectivity index (χ4n) is 3.08. The summed E-state index contributed by atoms with van der Waals surface area (Å²) >= 11 is 1.67. The standard InChI is InChI=1S/C24H22N2OS/c1-16-8-10-18(11-9-16)21-15-24(28-3)26-20-13-12-19(14-22(20)25-21)27-23-7-5-4-6-17(23)2/h4-14H,15H2,1-3H3. The third-order valence-electron chi connectivity index (χ3n) is 4.71. The van der Waals surface area contributed by atoms with Crippen LogP contribution in [0.4, 0.5) is 11.4 Å². The first-order valence-corrected chi connectivity index (χ1v) is 10.5. The Morgan fingerprint density at radius 1 is 0.857 bits per heavy atom. The van der Waals surface area contributed by atoms with Crippen molar-refractivity contribution in [1.29, 1.82) is 0 Å². The lowest BCUT2D eigenvalue weighted by atomic mass is 10.1. The first kappa shape index (κ1) is 18.5.